The molecule has 2 nitrogen and oxygen atoms in total. The van der Waals surface area contributed by atoms with Gasteiger partial charge in [-0.05, 0) is 31.4 Å². The van der Waals surface area contributed by atoms with Crippen LogP contribution >= 0.6 is 0 Å². The Bertz CT molecular complexity index is 304. The van der Waals surface area contributed by atoms with Gasteiger partial charge < -0.3 is 10.6 Å². The lowest BCUT2D eigenvalue weighted by atomic mass is 9.86. The lowest BCUT2D eigenvalue weighted by molar-refractivity contribution is 0.328. The van der Waals surface area contributed by atoms with Gasteiger partial charge in [0.1, 0.15) is 0 Å². The number of rotatable bonds is 5. The van der Waals surface area contributed by atoms with E-state index in [-0.39, 0.29) is 0 Å². The summed E-state index contributed by atoms with van der Waals surface area (Å²) in [5.74, 6) is 0. The molecule has 2 heteroatoms. The highest BCUT2D eigenvalue weighted by atomic mass is 15.2. The molecule has 2 rings (SSSR count). The second-order valence-electron chi connectivity index (χ2n) is 4.77. The number of hydrogen-bond acceptors (Lipinski definition) is 2. The molecule has 1 saturated carbocycles. The highest BCUT2D eigenvalue weighted by Gasteiger charge is 2.30. The molecule has 0 aromatic heterocycles. The molecule has 0 radical (unpaired) electrons. The molecule has 1 fully saturated rings. The standard InChI is InChI=1S/C14H22N2/c1-2-3-9-16(14-10-12(15)11-14)13-7-5-4-6-8-13/h4-8,12,14H,2-3,9-11,15H2,1H3. The summed E-state index contributed by atoms with van der Waals surface area (Å²) >= 11 is 0. The lowest BCUT2D eigenvalue weighted by Crippen LogP contribution is -2.51. The number of hydrogen-bond donors (Lipinski definition) is 1. The summed E-state index contributed by atoms with van der Waals surface area (Å²) in [6.45, 7) is 3.41. The first-order chi connectivity index (χ1) is 7.81. The van der Waals surface area contributed by atoms with Crippen LogP contribution < -0.4 is 10.6 Å². The van der Waals surface area contributed by atoms with Crippen molar-refractivity contribution in [2.24, 2.45) is 5.73 Å². The van der Waals surface area contributed by atoms with Gasteiger partial charge in [0.2, 0.25) is 0 Å². The Morgan fingerprint density at radius 2 is 1.94 bits per heavy atom. The number of para-hydroxylation sites is 1. The fraction of sp³-hybridized carbons (Fsp3) is 0.571. The molecule has 0 saturated heterocycles. The van der Waals surface area contributed by atoms with Crippen LogP contribution in [-0.4, -0.2) is 18.6 Å². The van der Waals surface area contributed by atoms with Gasteiger partial charge in [0.15, 0.2) is 0 Å². The Balaban J connectivity index is 2.03. The molecule has 1 aromatic rings. The van der Waals surface area contributed by atoms with Crippen LogP contribution in [0.1, 0.15) is 32.6 Å². The largest absolute Gasteiger partial charge is 0.368 e. The predicted molar refractivity (Wildman–Crippen MR) is 69.7 cm³/mol. The van der Waals surface area contributed by atoms with Crippen LogP contribution in [0.25, 0.3) is 0 Å². The van der Waals surface area contributed by atoms with E-state index in [0.29, 0.717) is 12.1 Å². The van der Waals surface area contributed by atoms with Crippen LogP contribution in [0, 0.1) is 0 Å². The number of nitrogens with two attached hydrogens (primary N) is 1. The van der Waals surface area contributed by atoms with Crippen molar-refractivity contribution in [1.29, 1.82) is 0 Å². The van der Waals surface area contributed by atoms with Crippen molar-refractivity contribution >= 4 is 5.69 Å². The van der Waals surface area contributed by atoms with E-state index in [1.54, 1.807) is 0 Å². The first kappa shape index (κ1) is 11.5. The average molecular weight is 218 g/mol. The predicted octanol–water partition coefficient (Wildman–Crippen LogP) is 2.78. The normalized spacial score (nSPS) is 23.9. The van der Waals surface area contributed by atoms with Gasteiger partial charge in [-0.2, -0.15) is 0 Å². The zero-order valence-electron chi connectivity index (χ0n) is 10.1. The van der Waals surface area contributed by atoms with Crippen LogP contribution in [-0.2, 0) is 0 Å². The minimum Gasteiger partial charge on any atom is -0.368 e. The van der Waals surface area contributed by atoms with Crippen molar-refractivity contribution < 1.29 is 0 Å². The molecule has 0 spiro atoms. The monoisotopic (exact) mass is 218 g/mol. The van der Waals surface area contributed by atoms with Crippen molar-refractivity contribution in [2.45, 2.75) is 44.7 Å². The number of benzene rings is 1. The molecule has 0 unspecified atom stereocenters. The van der Waals surface area contributed by atoms with Gasteiger partial charge >= 0.3 is 0 Å². The number of unbranched alkanes of at least 4 members (excludes halogenated alkanes) is 1. The van der Waals surface area contributed by atoms with Crippen LogP contribution in [0.4, 0.5) is 5.69 Å². The Morgan fingerprint density at radius 1 is 1.25 bits per heavy atom. The third kappa shape index (κ3) is 2.56. The van der Waals surface area contributed by atoms with Gasteiger partial charge in [-0.3, -0.25) is 0 Å². The van der Waals surface area contributed by atoms with Gasteiger partial charge in [0.25, 0.3) is 0 Å². The maximum Gasteiger partial charge on any atom is 0.0368 e. The fourth-order valence-corrected chi connectivity index (χ4v) is 2.35. The van der Waals surface area contributed by atoms with Crippen LogP contribution in [0.5, 0.6) is 0 Å². The molecule has 0 heterocycles. The Hall–Kier alpha value is -1.02. The van der Waals surface area contributed by atoms with E-state index in [2.05, 4.69) is 42.2 Å². The van der Waals surface area contributed by atoms with Gasteiger partial charge in [0.05, 0.1) is 0 Å². The summed E-state index contributed by atoms with van der Waals surface area (Å²) in [5.41, 5.74) is 7.24. The van der Waals surface area contributed by atoms with Crippen molar-refractivity contribution in [3.63, 3.8) is 0 Å². The molecular weight excluding hydrogens is 196 g/mol. The summed E-state index contributed by atoms with van der Waals surface area (Å²) in [6.07, 6.45) is 4.82. The molecule has 2 N–H and O–H groups in total. The summed E-state index contributed by atoms with van der Waals surface area (Å²) in [4.78, 5) is 2.53. The quantitative estimate of drug-likeness (QED) is 0.823. The van der Waals surface area contributed by atoms with Gasteiger partial charge in [-0.1, -0.05) is 31.5 Å². The van der Waals surface area contributed by atoms with Crippen molar-refractivity contribution in [3.05, 3.63) is 30.3 Å². The number of anilines is 1. The highest BCUT2D eigenvalue weighted by molar-refractivity contribution is 5.47. The minimum absolute atomic E-state index is 0.429. The summed E-state index contributed by atoms with van der Waals surface area (Å²) < 4.78 is 0. The van der Waals surface area contributed by atoms with E-state index in [1.165, 1.54) is 18.5 Å². The molecular formula is C14H22N2. The summed E-state index contributed by atoms with van der Waals surface area (Å²) in [6, 6.07) is 11.8. The number of nitrogens with zero attached hydrogens (tertiary/aromatic N) is 1. The molecule has 0 atom stereocenters. The van der Waals surface area contributed by atoms with E-state index in [0.717, 1.165) is 19.4 Å². The molecule has 1 aliphatic rings. The fourth-order valence-electron chi connectivity index (χ4n) is 2.35. The Labute approximate surface area is 98.4 Å². The second kappa shape index (κ2) is 5.35. The molecule has 1 aliphatic carbocycles. The third-order valence-corrected chi connectivity index (χ3v) is 3.43. The molecule has 0 bridgehead atoms. The summed E-state index contributed by atoms with van der Waals surface area (Å²) in [5, 5.41) is 0. The maximum atomic E-state index is 5.89. The smallest absolute Gasteiger partial charge is 0.0368 e. The first-order valence-electron chi connectivity index (χ1n) is 6.38. The second-order valence-corrected chi connectivity index (χ2v) is 4.77. The van der Waals surface area contributed by atoms with Crippen LogP contribution in [0.3, 0.4) is 0 Å². The van der Waals surface area contributed by atoms with E-state index >= 15 is 0 Å². The Morgan fingerprint density at radius 3 is 2.50 bits per heavy atom. The zero-order chi connectivity index (χ0) is 11.4. The minimum atomic E-state index is 0.429. The maximum absolute atomic E-state index is 5.89. The van der Waals surface area contributed by atoms with Gasteiger partial charge in [-0.25, -0.2) is 0 Å². The molecule has 0 aliphatic heterocycles. The highest BCUT2D eigenvalue weighted by Crippen LogP contribution is 2.29. The molecule has 1 aromatic carbocycles. The Kier molecular flexibility index (Phi) is 3.83. The van der Waals surface area contributed by atoms with Crippen LogP contribution in [0.2, 0.25) is 0 Å². The van der Waals surface area contributed by atoms with E-state index in [1.807, 2.05) is 0 Å². The lowest BCUT2D eigenvalue weighted by Gasteiger charge is -2.43. The first-order valence-corrected chi connectivity index (χ1v) is 6.38. The topological polar surface area (TPSA) is 29.3 Å². The molecule has 88 valence electrons. The summed E-state index contributed by atoms with van der Waals surface area (Å²) in [7, 11) is 0. The third-order valence-electron chi connectivity index (χ3n) is 3.43. The van der Waals surface area contributed by atoms with Crippen molar-refractivity contribution in [3.8, 4) is 0 Å². The van der Waals surface area contributed by atoms with Crippen LogP contribution in [0.15, 0.2) is 30.3 Å². The van der Waals surface area contributed by atoms with Gasteiger partial charge in [0, 0.05) is 24.3 Å². The molecule has 16 heavy (non-hydrogen) atoms. The van der Waals surface area contributed by atoms with E-state index in [9.17, 15) is 0 Å². The zero-order valence-corrected chi connectivity index (χ0v) is 10.1. The SMILES string of the molecule is CCCCN(c1ccccc1)C1CC(N)C1. The van der Waals surface area contributed by atoms with E-state index in [4.69, 9.17) is 5.73 Å². The van der Waals surface area contributed by atoms with E-state index < -0.39 is 0 Å². The van der Waals surface area contributed by atoms with Gasteiger partial charge in [-0.15, -0.1) is 0 Å². The van der Waals surface area contributed by atoms with Crippen molar-refractivity contribution in [2.75, 3.05) is 11.4 Å². The van der Waals surface area contributed by atoms with Crippen molar-refractivity contribution in [1.82, 2.24) is 0 Å². The average Bonchev–Trinajstić information content (AvgIpc) is 2.28. The molecule has 0 amide bonds.